The molecule has 2 rings (SSSR count). The molecule has 21 heavy (non-hydrogen) atoms. The second-order valence-corrected chi connectivity index (χ2v) is 6.88. The smallest absolute Gasteiger partial charge is 0.307 e. The van der Waals surface area contributed by atoms with Crippen LogP contribution in [0.25, 0.3) is 6.08 Å². The minimum Gasteiger partial charge on any atom is -0.469 e. The Balaban J connectivity index is 2.01. The highest BCUT2D eigenvalue weighted by Gasteiger charge is 2.28. The maximum absolute atomic E-state index is 12.3. The summed E-state index contributed by atoms with van der Waals surface area (Å²) in [6.45, 7) is 2.59. The molecule has 1 fully saturated rings. The summed E-state index contributed by atoms with van der Waals surface area (Å²) < 4.78 is 4.70. The predicted molar refractivity (Wildman–Crippen MR) is 85.3 cm³/mol. The van der Waals surface area contributed by atoms with Gasteiger partial charge in [-0.05, 0) is 13.0 Å². The third-order valence-electron chi connectivity index (χ3n) is 3.17. The molecule has 2 heterocycles. The molecule has 1 aliphatic heterocycles. The van der Waals surface area contributed by atoms with Gasteiger partial charge in [0, 0.05) is 29.5 Å². The van der Waals surface area contributed by atoms with Gasteiger partial charge in [0.15, 0.2) is 0 Å². The molecule has 0 spiro atoms. The van der Waals surface area contributed by atoms with Gasteiger partial charge >= 0.3 is 5.97 Å². The average Bonchev–Trinajstić information content (AvgIpc) is 2.91. The van der Waals surface area contributed by atoms with E-state index in [1.807, 2.05) is 12.3 Å². The van der Waals surface area contributed by atoms with Crippen LogP contribution in [-0.2, 0) is 14.3 Å². The van der Waals surface area contributed by atoms with Crippen molar-refractivity contribution >= 4 is 41.1 Å². The molecule has 0 aliphatic carbocycles. The van der Waals surface area contributed by atoms with Crippen molar-refractivity contribution in [1.82, 2.24) is 9.88 Å². The van der Waals surface area contributed by atoms with Gasteiger partial charge in [-0.25, -0.2) is 4.98 Å². The van der Waals surface area contributed by atoms with E-state index in [1.165, 1.54) is 13.2 Å². The van der Waals surface area contributed by atoms with E-state index in [-0.39, 0.29) is 24.3 Å². The summed E-state index contributed by atoms with van der Waals surface area (Å²) in [5, 5.41) is 2.89. The number of rotatable bonds is 4. The van der Waals surface area contributed by atoms with Gasteiger partial charge in [-0.1, -0.05) is 0 Å². The molecule has 0 radical (unpaired) electrons. The number of hydrogen-bond acceptors (Lipinski definition) is 6. The van der Waals surface area contributed by atoms with Crippen molar-refractivity contribution in [2.24, 2.45) is 0 Å². The highest BCUT2D eigenvalue weighted by atomic mass is 32.2. The number of amides is 1. The van der Waals surface area contributed by atoms with Gasteiger partial charge in [-0.3, -0.25) is 9.59 Å². The van der Waals surface area contributed by atoms with E-state index in [0.29, 0.717) is 6.54 Å². The molecule has 1 unspecified atom stereocenters. The first kappa shape index (κ1) is 16.0. The number of ether oxygens (including phenoxy) is 1. The summed E-state index contributed by atoms with van der Waals surface area (Å²) in [5.74, 6) is 1.31. The Labute approximate surface area is 132 Å². The van der Waals surface area contributed by atoms with Crippen molar-refractivity contribution in [3.8, 4) is 0 Å². The molecule has 1 aliphatic rings. The normalized spacial score (nSPS) is 19.0. The molecule has 5 nitrogen and oxygen atoms in total. The molecule has 0 aromatic carbocycles. The third-order valence-corrected chi connectivity index (χ3v) is 5.06. The van der Waals surface area contributed by atoms with Crippen molar-refractivity contribution in [2.75, 3.05) is 25.2 Å². The van der Waals surface area contributed by atoms with E-state index in [2.05, 4.69) is 4.98 Å². The summed E-state index contributed by atoms with van der Waals surface area (Å²) in [6.07, 6.45) is 3.51. The van der Waals surface area contributed by atoms with Crippen molar-refractivity contribution in [3.05, 3.63) is 22.2 Å². The largest absolute Gasteiger partial charge is 0.469 e. The van der Waals surface area contributed by atoms with Gasteiger partial charge < -0.3 is 9.64 Å². The van der Waals surface area contributed by atoms with E-state index in [0.717, 1.165) is 22.2 Å². The van der Waals surface area contributed by atoms with Crippen LogP contribution in [0, 0.1) is 6.92 Å². The maximum atomic E-state index is 12.3. The Morgan fingerprint density at radius 1 is 1.57 bits per heavy atom. The number of methoxy groups -OCH3 is 1. The summed E-state index contributed by atoms with van der Waals surface area (Å²) >= 11 is 3.31. The highest BCUT2D eigenvalue weighted by Crippen LogP contribution is 2.20. The molecule has 0 bridgehead atoms. The first-order chi connectivity index (χ1) is 10.1. The van der Waals surface area contributed by atoms with Crippen LogP contribution in [0.2, 0.25) is 0 Å². The second kappa shape index (κ2) is 7.61. The van der Waals surface area contributed by atoms with Crippen LogP contribution in [0.1, 0.15) is 17.1 Å². The first-order valence-electron chi connectivity index (χ1n) is 6.65. The van der Waals surface area contributed by atoms with Crippen LogP contribution >= 0.6 is 23.1 Å². The second-order valence-electron chi connectivity index (χ2n) is 4.67. The van der Waals surface area contributed by atoms with Crippen LogP contribution < -0.4 is 0 Å². The van der Waals surface area contributed by atoms with Crippen molar-refractivity contribution in [2.45, 2.75) is 19.4 Å². The van der Waals surface area contributed by atoms with E-state index in [1.54, 1.807) is 34.1 Å². The number of aromatic nitrogens is 1. The molecule has 0 saturated carbocycles. The van der Waals surface area contributed by atoms with Gasteiger partial charge in [0.2, 0.25) is 5.91 Å². The van der Waals surface area contributed by atoms with E-state index in [4.69, 9.17) is 4.74 Å². The number of carbonyl (C=O) groups is 2. The summed E-state index contributed by atoms with van der Waals surface area (Å²) in [4.78, 5) is 29.8. The molecule has 1 atom stereocenters. The van der Waals surface area contributed by atoms with E-state index >= 15 is 0 Å². The van der Waals surface area contributed by atoms with Crippen LogP contribution in [0.4, 0.5) is 0 Å². The minimum atomic E-state index is -0.278. The molecular weight excluding hydrogens is 308 g/mol. The highest BCUT2D eigenvalue weighted by molar-refractivity contribution is 7.99. The monoisotopic (exact) mass is 326 g/mol. The van der Waals surface area contributed by atoms with Gasteiger partial charge in [0.05, 0.1) is 30.3 Å². The third kappa shape index (κ3) is 4.57. The lowest BCUT2D eigenvalue weighted by molar-refractivity contribution is -0.142. The lowest BCUT2D eigenvalue weighted by atomic mass is 10.2. The van der Waals surface area contributed by atoms with E-state index < -0.39 is 0 Å². The zero-order chi connectivity index (χ0) is 15.2. The van der Waals surface area contributed by atoms with Gasteiger partial charge in [-0.2, -0.15) is 11.8 Å². The van der Waals surface area contributed by atoms with Crippen molar-refractivity contribution in [3.63, 3.8) is 0 Å². The molecule has 7 heteroatoms. The molecule has 1 amide bonds. The Morgan fingerprint density at radius 3 is 3.05 bits per heavy atom. The molecule has 0 N–H and O–H groups in total. The number of thiazole rings is 1. The summed E-state index contributed by atoms with van der Waals surface area (Å²) in [6, 6.07) is -0.0921. The maximum Gasteiger partial charge on any atom is 0.307 e. The zero-order valence-corrected chi connectivity index (χ0v) is 13.7. The number of aryl methyl sites for hydroxylation is 1. The fraction of sp³-hybridized carbons (Fsp3) is 0.500. The Kier molecular flexibility index (Phi) is 5.81. The minimum absolute atomic E-state index is 0.0742. The van der Waals surface area contributed by atoms with Crippen LogP contribution in [0.15, 0.2) is 11.5 Å². The fourth-order valence-electron chi connectivity index (χ4n) is 2.10. The Bertz CT molecular complexity index is 542. The number of nitrogens with zero attached hydrogens (tertiary/aromatic N) is 2. The number of thioether (sulfide) groups is 1. The SMILES string of the molecule is COC(=O)CC1CSCCN1C(=O)/C=C/c1csc(C)n1. The Morgan fingerprint density at radius 2 is 2.38 bits per heavy atom. The molecule has 114 valence electrons. The molecular formula is C14H18N2O3S2. The summed E-state index contributed by atoms with van der Waals surface area (Å²) in [5.41, 5.74) is 0.793. The zero-order valence-electron chi connectivity index (χ0n) is 12.1. The lowest BCUT2D eigenvalue weighted by Gasteiger charge is -2.34. The predicted octanol–water partition coefficient (Wildman–Crippen LogP) is 1.97. The first-order valence-corrected chi connectivity index (χ1v) is 8.69. The van der Waals surface area contributed by atoms with Crippen LogP contribution in [0.3, 0.4) is 0 Å². The molecule has 1 aromatic heterocycles. The topological polar surface area (TPSA) is 59.5 Å². The van der Waals surface area contributed by atoms with E-state index in [9.17, 15) is 9.59 Å². The summed E-state index contributed by atoms with van der Waals surface area (Å²) in [7, 11) is 1.37. The van der Waals surface area contributed by atoms with Crippen molar-refractivity contribution < 1.29 is 14.3 Å². The van der Waals surface area contributed by atoms with Crippen LogP contribution in [0.5, 0.6) is 0 Å². The fourth-order valence-corrected chi connectivity index (χ4v) is 3.74. The number of esters is 1. The average molecular weight is 326 g/mol. The number of carbonyl (C=O) groups excluding carboxylic acids is 2. The molecule has 1 saturated heterocycles. The lowest BCUT2D eigenvalue weighted by Crippen LogP contribution is -2.46. The Hall–Kier alpha value is -1.34. The molecule has 1 aromatic rings. The van der Waals surface area contributed by atoms with Crippen LogP contribution in [-0.4, -0.2) is 53.0 Å². The van der Waals surface area contributed by atoms with Gasteiger partial charge in [0.1, 0.15) is 0 Å². The van der Waals surface area contributed by atoms with Gasteiger partial charge in [-0.15, -0.1) is 11.3 Å². The van der Waals surface area contributed by atoms with Crippen molar-refractivity contribution in [1.29, 1.82) is 0 Å². The van der Waals surface area contributed by atoms with Gasteiger partial charge in [0.25, 0.3) is 0 Å². The number of hydrogen-bond donors (Lipinski definition) is 0. The quantitative estimate of drug-likeness (QED) is 0.625. The standard InChI is InChI=1S/C14H18N2O3S2/c1-10-15-11(8-21-10)3-4-13(17)16-5-6-20-9-12(16)7-14(18)19-2/h3-4,8,12H,5-7,9H2,1-2H3/b4-3+.